The summed E-state index contributed by atoms with van der Waals surface area (Å²) in [6.45, 7) is 0.432. The maximum atomic E-state index is 13.3. The highest BCUT2D eigenvalue weighted by atomic mass is 19.1. The molecule has 0 aliphatic rings. The van der Waals surface area contributed by atoms with Crippen molar-refractivity contribution in [3.05, 3.63) is 47.7 Å². The van der Waals surface area contributed by atoms with E-state index in [2.05, 4.69) is 0 Å². The Morgan fingerprint density at radius 1 is 1.47 bits per heavy atom. The van der Waals surface area contributed by atoms with Gasteiger partial charge in [-0.1, -0.05) is 0 Å². The average Bonchev–Trinajstić information content (AvgIpc) is 2.84. The number of rotatable bonds is 4. The third-order valence-corrected chi connectivity index (χ3v) is 2.80. The molecule has 0 unspecified atom stereocenters. The Morgan fingerprint density at radius 2 is 2.21 bits per heavy atom. The second-order valence-electron chi connectivity index (χ2n) is 4.15. The number of halogens is 1. The van der Waals surface area contributed by atoms with Crippen LogP contribution in [0, 0.1) is 5.82 Å². The van der Waals surface area contributed by atoms with Gasteiger partial charge in [-0.15, -0.1) is 0 Å². The molecule has 2 rings (SSSR count). The van der Waals surface area contributed by atoms with Crippen LogP contribution in [-0.4, -0.2) is 18.1 Å². The van der Waals surface area contributed by atoms with Crippen molar-refractivity contribution in [2.24, 2.45) is 0 Å². The number of hydrogen-bond acceptors (Lipinski definition) is 4. The highest BCUT2D eigenvalue weighted by molar-refractivity contribution is 6.00. The lowest BCUT2D eigenvalue weighted by molar-refractivity contribution is 0.0698. The Kier molecular flexibility index (Phi) is 3.41. The van der Waals surface area contributed by atoms with Crippen LogP contribution in [0.25, 0.3) is 0 Å². The number of nitrogen functional groups attached to an aromatic ring is 1. The molecule has 1 aromatic heterocycles. The summed E-state index contributed by atoms with van der Waals surface area (Å²) in [4.78, 5) is 12.9. The Labute approximate surface area is 109 Å². The Balaban J connectivity index is 2.38. The fourth-order valence-corrected chi connectivity index (χ4v) is 1.87. The molecule has 0 atom stereocenters. The van der Waals surface area contributed by atoms with Gasteiger partial charge in [0, 0.05) is 19.2 Å². The van der Waals surface area contributed by atoms with Crippen molar-refractivity contribution in [1.29, 1.82) is 0 Å². The Bertz CT molecular complexity index is 596. The molecular formula is C13H13FN2O3. The first-order chi connectivity index (χ1) is 9.00. The lowest BCUT2D eigenvalue weighted by Crippen LogP contribution is -2.20. The van der Waals surface area contributed by atoms with E-state index in [4.69, 9.17) is 15.3 Å². The van der Waals surface area contributed by atoms with E-state index in [-0.39, 0.29) is 11.3 Å². The molecule has 5 nitrogen and oxygen atoms in total. The average molecular weight is 264 g/mol. The lowest BCUT2D eigenvalue weighted by Gasteiger charge is -2.21. The molecule has 3 N–H and O–H groups in total. The molecular weight excluding hydrogens is 251 g/mol. The third-order valence-electron chi connectivity index (χ3n) is 2.80. The zero-order chi connectivity index (χ0) is 14.0. The van der Waals surface area contributed by atoms with Crippen molar-refractivity contribution in [2.75, 3.05) is 17.7 Å². The molecule has 19 heavy (non-hydrogen) atoms. The SMILES string of the molecule is CN(Cc1ccoc1)c1ccc(F)c(N)c1C(=O)O. The third kappa shape index (κ3) is 2.52. The monoisotopic (exact) mass is 264 g/mol. The molecule has 0 saturated heterocycles. The van der Waals surface area contributed by atoms with Crippen LogP contribution in [0.15, 0.2) is 35.1 Å². The quantitative estimate of drug-likeness (QED) is 0.828. The Hall–Kier alpha value is -2.50. The van der Waals surface area contributed by atoms with Crippen LogP contribution in [0.5, 0.6) is 0 Å². The number of nitrogens with two attached hydrogens (primary N) is 1. The molecule has 2 aromatic rings. The van der Waals surface area contributed by atoms with Gasteiger partial charge in [0.25, 0.3) is 0 Å². The molecule has 0 aliphatic heterocycles. The minimum atomic E-state index is -1.26. The molecule has 0 aliphatic carbocycles. The normalized spacial score (nSPS) is 10.4. The number of benzene rings is 1. The van der Waals surface area contributed by atoms with Crippen LogP contribution in [0.4, 0.5) is 15.8 Å². The van der Waals surface area contributed by atoms with Crippen LogP contribution < -0.4 is 10.6 Å². The van der Waals surface area contributed by atoms with Crippen molar-refractivity contribution in [1.82, 2.24) is 0 Å². The molecule has 100 valence electrons. The topological polar surface area (TPSA) is 79.7 Å². The summed E-state index contributed by atoms with van der Waals surface area (Å²) in [7, 11) is 1.70. The molecule has 0 radical (unpaired) electrons. The predicted octanol–water partition coefficient (Wildman–Crippen LogP) is 2.34. The molecule has 0 bridgehead atoms. The van der Waals surface area contributed by atoms with Crippen LogP contribution in [-0.2, 0) is 6.54 Å². The van der Waals surface area contributed by atoms with Gasteiger partial charge in [0.1, 0.15) is 11.4 Å². The van der Waals surface area contributed by atoms with E-state index in [9.17, 15) is 9.18 Å². The number of carboxylic acids is 1. The van der Waals surface area contributed by atoms with E-state index in [1.165, 1.54) is 12.3 Å². The first-order valence-corrected chi connectivity index (χ1v) is 5.54. The van der Waals surface area contributed by atoms with Crippen molar-refractivity contribution in [3.63, 3.8) is 0 Å². The van der Waals surface area contributed by atoms with Gasteiger partial charge in [-0.2, -0.15) is 0 Å². The number of nitrogens with zero attached hydrogens (tertiary/aromatic N) is 1. The summed E-state index contributed by atoms with van der Waals surface area (Å²) in [5.74, 6) is -2.00. The van der Waals surface area contributed by atoms with Gasteiger partial charge < -0.3 is 20.2 Å². The fourth-order valence-electron chi connectivity index (χ4n) is 1.87. The van der Waals surface area contributed by atoms with Gasteiger partial charge >= 0.3 is 5.97 Å². The van der Waals surface area contributed by atoms with Gasteiger partial charge in [-0.3, -0.25) is 0 Å². The van der Waals surface area contributed by atoms with Crippen molar-refractivity contribution in [3.8, 4) is 0 Å². The highest BCUT2D eigenvalue weighted by Crippen LogP contribution is 2.28. The Morgan fingerprint density at radius 3 is 2.79 bits per heavy atom. The minimum absolute atomic E-state index is 0.231. The summed E-state index contributed by atoms with van der Waals surface area (Å²) >= 11 is 0. The van der Waals surface area contributed by atoms with E-state index in [0.717, 1.165) is 11.6 Å². The zero-order valence-electron chi connectivity index (χ0n) is 10.3. The first kappa shape index (κ1) is 12.9. The van der Waals surface area contributed by atoms with Gasteiger partial charge in [0.15, 0.2) is 0 Å². The summed E-state index contributed by atoms with van der Waals surface area (Å²) in [5, 5.41) is 9.15. The standard InChI is InChI=1S/C13H13FN2O3/c1-16(6-8-4-5-19-7-8)10-3-2-9(14)12(15)11(10)13(17)18/h2-5,7H,6,15H2,1H3,(H,17,18). The number of anilines is 2. The van der Waals surface area contributed by atoms with Gasteiger partial charge in [0.05, 0.1) is 23.9 Å². The summed E-state index contributed by atoms with van der Waals surface area (Å²) < 4.78 is 18.3. The molecule has 0 spiro atoms. The van der Waals surface area contributed by atoms with Gasteiger partial charge in [-0.05, 0) is 18.2 Å². The van der Waals surface area contributed by atoms with Crippen molar-refractivity contribution < 1.29 is 18.7 Å². The molecule has 1 heterocycles. The van der Waals surface area contributed by atoms with E-state index >= 15 is 0 Å². The van der Waals surface area contributed by atoms with Crippen LogP contribution >= 0.6 is 0 Å². The number of hydrogen-bond donors (Lipinski definition) is 2. The van der Waals surface area contributed by atoms with Crippen molar-refractivity contribution >= 4 is 17.3 Å². The highest BCUT2D eigenvalue weighted by Gasteiger charge is 2.20. The minimum Gasteiger partial charge on any atom is -0.478 e. The van der Waals surface area contributed by atoms with Crippen molar-refractivity contribution in [2.45, 2.75) is 6.54 Å². The van der Waals surface area contributed by atoms with E-state index in [0.29, 0.717) is 12.2 Å². The first-order valence-electron chi connectivity index (χ1n) is 5.54. The molecule has 0 saturated carbocycles. The van der Waals surface area contributed by atoms with E-state index in [1.54, 1.807) is 24.3 Å². The van der Waals surface area contributed by atoms with Crippen LogP contribution in [0.3, 0.4) is 0 Å². The van der Waals surface area contributed by atoms with Crippen LogP contribution in [0.2, 0.25) is 0 Å². The van der Waals surface area contributed by atoms with E-state index in [1.807, 2.05) is 0 Å². The van der Waals surface area contributed by atoms with E-state index < -0.39 is 11.8 Å². The maximum absolute atomic E-state index is 13.3. The number of furan rings is 1. The summed E-state index contributed by atoms with van der Waals surface area (Å²) in [5.41, 5.74) is 6.14. The summed E-state index contributed by atoms with van der Waals surface area (Å²) in [6.07, 6.45) is 3.09. The predicted molar refractivity (Wildman–Crippen MR) is 68.6 cm³/mol. The molecule has 0 fully saturated rings. The molecule has 0 amide bonds. The zero-order valence-corrected chi connectivity index (χ0v) is 10.3. The summed E-state index contributed by atoms with van der Waals surface area (Å²) in [6, 6.07) is 4.32. The molecule has 1 aromatic carbocycles. The second-order valence-corrected chi connectivity index (χ2v) is 4.15. The van der Waals surface area contributed by atoms with Gasteiger partial charge in [-0.25, -0.2) is 9.18 Å². The number of carboxylic acid groups (broad SMARTS) is 1. The fraction of sp³-hybridized carbons (Fsp3) is 0.154. The van der Waals surface area contributed by atoms with Gasteiger partial charge in [0.2, 0.25) is 0 Å². The number of aromatic carboxylic acids is 1. The second kappa shape index (κ2) is 5.01. The smallest absolute Gasteiger partial charge is 0.340 e. The molecule has 6 heteroatoms. The number of carbonyl (C=O) groups is 1. The lowest BCUT2D eigenvalue weighted by atomic mass is 10.1. The van der Waals surface area contributed by atoms with Crippen LogP contribution in [0.1, 0.15) is 15.9 Å². The largest absolute Gasteiger partial charge is 0.478 e. The maximum Gasteiger partial charge on any atom is 0.340 e.